The molecule has 0 aromatic heterocycles. The molecule has 1 aromatic carbocycles. The van der Waals surface area contributed by atoms with E-state index >= 15 is 0 Å². The van der Waals surface area contributed by atoms with Crippen molar-refractivity contribution < 1.29 is 9.53 Å². The van der Waals surface area contributed by atoms with Crippen LogP contribution in [-0.4, -0.2) is 25.6 Å². The summed E-state index contributed by atoms with van der Waals surface area (Å²) in [5.41, 5.74) is 5.56. The van der Waals surface area contributed by atoms with E-state index in [0.29, 0.717) is 23.3 Å². The average molecular weight is 269 g/mol. The third-order valence-corrected chi connectivity index (χ3v) is 3.48. The zero-order valence-electron chi connectivity index (χ0n) is 10.1. The Balaban J connectivity index is 1.96. The second-order valence-corrected chi connectivity index (χ2v) is 4.88. The van der Waals surface area contributed by atoms with Crippen molar-refractivity contribution in [3.05, 3.63) is 28.8 Å². The predicted molar refractivity (Wildman–Crippen MR) is 71.1 cm³/mol. The van der Waals surface area contributed by atoms with Crippen LogP contribution in [0.5, 0.6) is 5.75 Å². The van der Waals surface area contributed by atoms with Crippen LogP contribution < -0.4 is 15.8 Å². The smallest absolute Gasteiger partial charge is 0.253 e. The quantitative estimate of drug-likeness (QED) is 0.856. The minimum Gasteiger partial charge on any atom is -0.493 e. The summed E-state index contributed by atoms with van der Waals surface area (Å²) >= 11 is 5.94. The van der Waals surface area contributed by atoms with Crippen molar-refractivity contribution >= 4 is 17.5 Å². The van der Waals surface area contributed by atoms with Crippen LogP contribution in [-0.2, 0) is 0 Å². The Labute approximate surface area is 111 Å². The molecule has 0 spiro atoms. The molecule has 0 radical (unpaired) electrons. The number of rotatable bonds is 5. The number of hydrogen-bond acceptors (Lipinski definition) is 3. The molecule has 1 amide bonds. The molecule has 1 unspecified atom stereocenters. The highest BCUT2D eigenvalue weighted by Gasteiger charge is 2.16. The Kier molecular flexibility index (Phi) is 4.44. The number of carbonyl (C=O) groups excluding carboxylic acids is 1. The first-order valence-electron chi connectivity index (χ1n) is 6.10. The molecule has 1 aromatic rings. The molecule has 98 valence electrons. The van der Waals surface area contributed by atoms with Gasteiger partial charge in [0.25, 0.3) is 5.91 Å². The fourth-order valence-electron chi connectivity index (χ4n) is 2.16. The molecular formula is C13H17ClN2O2. The van der Waals surface area contributed by atoms with Crippen molar-refractivity contribution in [3.8, 4) is 5.75 Å². The van der Waals surface area contributed by atoms with Gasteiger partial charge in [-0.25, -0.2) is 0 Å². The van der Waals surface area contributed by atoms with Crippen LogP contribution in [0.15, 0.2) is 18.2 Å². The van der Waals surface area contributed by atoms with Gasteiger partial charge in [-0.1, -0.05) is 17.7 Å². The Morgan fingerprint density at radius 3 is 3.06 bits per heavy atom. The molecule has 1 atom stereocenters. The first-order chi connectivity index (χ1) is 8.68. The van der Waals surface area contributed by atoms with Gasteiger partial charge in [0.2, 0.25) is 0 Å². The normalized spacial score (nSPS) is 18.8. The highest BCUT2D eigenvalue weighted by atomic mass is 35.5. The lowest BCUT2D eigenvalue weighted by Crippen LogP contribution is -2.15. The second kappa shape index (κ2) is 6.07. The summed E-state index contributed by atoms with van der Waals surface area (Å²) in [6.45, 7) is 2.70. The number of hydrogen-bond donors (Lipinski definition) is 2. The Bertz CT molecular complexity index is 431. The van der Waals surface area contributed by atoms with E-state index in [9.17, 15) is 4.79 Å². The molecule has 1 saturated heterocycles. The number of nitrogens with two attached hydrogens (primary N) is 1. The van der Waals surface area contributed by atoms with Crippen LogP contribution in [0.1, 0.15) is 23.2 Å². The number of halogens is 1. The monoisotopic (exact) mass is 268 g/mol. The van der Waals surface area contributed by atoms with E-state index in [1.54, 1.807) is 18.2 Å². The predicted octanol–water partition coefficient (Wildman–Crippen LogP) is 1.82. The Morgan fingerprint density at radius 2 is 2.39 bits per heavy atom. The van der Waals surface area contributed by atoms with E-state index in [1.165, 1.54) is 6.42 Å². The number of nitrogens with one attached hydrogen (secondary N) is 1. The van der Waals surface area contributed by atoms with Crippen LogP contribution in [0.3, 0.4) is 0 Å². The molecule has 1 aliphatic rings. The number of ether oxygens (including phenoxy) is 1. The largest absolute Gasteiger partial charge is 0.493 e. The fraction of sp³-hybridized carbons (Fsp3) is 0.462. The van der Waals surface area contributed by atoms with Crippen LogP contribution in [0.2, 0.25) is 5.02 Å². The van der Waals surface area contributed by atoms with Crippen LogP contribution in [0.25, 0.3) is 0 Å². The van der Waals surface area contributed by atoms with Gasteiger partial charge in [0.1, 0.15) is 5.75 Å². The summed E-state index contributed by atoms with van der Waals surface area (Å²) in [7, 11) is 0. The molecule has 0 bridgehead atoms. The fourth-order valence-corrected chi connectivity index (χ4v) is 2.42. The highest BCUT2D eigenvalue weighted by molar-refractivity contribution is 6.34. The number of benzene rings is 1. The zero-order chi connectivity index (χ0) is 13.0. The number of carbonyl (C=O) groups is 1. The molecule has 2 rings (SSSR count). The van der Waals surface area contributed by atoms with E-state index in [1.807, 2.05) is 0 Å². The van der Waals surface area contributed by atoms with Gasteiger partial charge >= 0.3 is 0 Å². The van der Waals surface area contributed by atoms with Crippen LogP contribution in [0, 0.1) is 5.92 Å². The standard InChI is InChI=1S/C13H17ClN2O2/c14-10-2-1-3-11(12(10)13(15)17)18-7-5-9-4-6-16-8-9/h1-3,9,16H,4-8H2,(H2,15,17). The van der Waals surface area contributed by atoms with E-state index in [2.05, 4.69) is 5.32 Å². The molecular weight excluding hydrogens is 252 g/mol. The zero-order valence-corrected chi connectivity index (χ0v) is 10.9. The molecule has 1 heterocycles. The molecule has 4 nitrogen and oxygen atoms in total. The molecule has 0 aliphatic carbocycles. The Morgan fingerprint density at radius 1 is 1.56 bits per heavy atom. The van der Waals surface area contributed by atoms with E-state index in [4.69, 9.17) is 22.1 Å². The summed E-state index contributed by atoms with van der Waals surface area (Å²) in [5, 5.41) is 3.64. The number of primary amides is 1. The summed E-state index contributed by atoms with van der Waals surface area (Å²) < 4.78 is 5.63. The van der Waals surface area contributed by atoms with Crippen molar-refractivity contribution in [1.82, 2.24) is 5.32 Å². The van der Waals surface area contributed by atoms with Crippen LogP contribution in [0.4, 0.5) is 0 Å². The lowest BCUT2D eigenvalue weighted by atomic mass is 10.1. The second-order valence-electron chi connectivity index (χ2n) is 4.47. The maximum atomic E-state index is 11.3. The first-order valence-corrected chi connectivity index (χ1v) is 6.48. The SMILES string of the molecule is NC(=O)c1c(Cl)cccc1OCCC1CCNC1. The van der Waals surface area contributed by atoms with Gasteiger partial charge in [-0.3, -0.25) is 4.79 Å². The lowest BCUT2D eigenvalue weighted by molar-refractivity contribution is 0.0996. The molecule has 18 heavy (non-hydrogen) atoms. The lowest BCUT2D eigenvalue weighted by Gasteiger charge is -2.12. The molecule has 3 N–H and O–H groups in total. The van der Waals surface area contributed by atoms with E-state index < -0.39 is 5.91 Å². The van der Waals surface area contributed by atoms with Gasteiger partial charge in [0.15, 0.2) is 0 Å². The molecule has 5 heteroatoms. The topological polar surface area (TPSA) is 64.4 Å². The van der Waals surface area contributed by atoms with Crippen molar-refractivity contribution in [2.75, 3.05) is 19.7 Å². The van der Waals surface area contributed by atoms with Crippen molar-refractivity contribution in [2.45, 2.75) is 12.8 Å². The minimum atomic E-state index is -0.557. The third-order valence-electron chi connectivity index (χ3n) is 3.17. The third kappa shape index (κ3) is 3.15. The molecule has 1 fully saturated rings. The van der Waals surface area contributed by atoms with Crippen molar-refractivity contribution in [2.24, 2.45) is 11.7 Å². The van der Waals surface area contributed by atoms with Gasteiger partial charge in [-0.05, 0) is 44.0 Å². The van der Waals surface area contributed by atoms with Gasteiger partial charge in [-0.2, -0.15) is 0 Å². The van der Waals surface area contributed by atoms with Crippen LogP contribution >= 0.6 is 11.6 Å². The van der Waals surface area contributed by atoms with Gasteiger partial charge in [-0.15, -0.1) is 0 Å². The maximum Gasteiger partial charge on any atom is 0.253 e. The average Bonchev–Trinajstić information content (AvgIpc) is 2.81. The first kappa shape index (κ1) is 13.2. The van der Waals surface area contributed by atoms with Gasteiger partial charge < -0.3 is 15.8 Å². The molecule has 0 saturated carbocycles. The van der Waals surface area contributed by atoms with Crippen molar-refractivity contribution in [3.63, 3.8) is 0 Å². The van der Waals surface area contributed by atoms with E-state index in [-0.39, 0.29) is 5.56 Å². The Hall–Kier alpha value is -1.26. The summed E-state index contributed by atoms with van der Waals surface area (Å²) in [5.74, 6) is 0.570. The highest BCUT2D eigenvalue weighted by Crippen LogP contribution is 2.26. The summed E-state index contributed by atoms with van der Waals surface area (Å²) in [6.07, 6.45) is 2.15. The number of amides is 1. The summed E-state index contributed by atoms with van der Waals surface area (Å²) in [6, 6.07) is 5.11. The van der Waals surface area contributed by atoms with Gasteiger partial charge in [0.05, 0.1) is 17.2 Å². The maximum absolute atomic E-state index is 11.3. The van der Waals surface area contributed by atoms with E-state index in [0.717, 1.165) is 19.5 Å². The van der Waals surface area contributed by atoms with Gasteiger partial charge in [0, 0.05) is 0 Å². The summed E-state index contributed by atoms with van der Waals surface area (Å²) in [4.78, 5) is 11.3. The minimum absolute atomic E-state index is 0.267. The van der Waals surface area contributed by atoms with Crippen molar-refractivity contribution in [1.29, 1.82) is 0 Å². The molecule has 1 aliphatic heterocycles.